The molecule has 1 aromatic rings. The standard InChI is InChI=1S/C8H10F2N2S/c1-2-6-5(3-4-13-6)12-8(11)7(9)10/h3-4,7H,2H2,1H3,(H2,11,12). The first-order valence-electron chi connectivity index (χ1n) is 3.83. The molecule has 1 aromatic heterocycles. The molecule has 0 atom stereocenters. The van der Waals surface area contributed by atoms with Gasteiger partial charge in [0.1, 0.15) is 0 Å². The van der Waals surface area contributed by atoms with Crippen molar-refractivity contribution in [3.63, 3.8) is 0 Å². The molecule has 0 fully saturated rings. The third-order valence-electron chi connectivity index (χ3n) is 1.52. The first kappa shape index (κ1) is 10.1. The first-order chi connectivity index (χ1) is 6.15. The van der Waals surface area contributed by atoms with Gasteiger partial charge in [-0.3, -0.25) is 0 Å². The van der Waals surface area contributed by atoms with Crippen LogP contribution in [0.25, 0.3) is 0 Å². The molecular weight excluding hydrogens is 194 g/mol. The molecule has 0 unspecified atom stereocenters. The number of hydrogen-bond donors (Lipinski definition) is 1. The van der Waals surface area contributed by atoms with Crippen LogP contribution in [0.1, 0.15) is 11.8 Å². The lowest BCUT2D eigenvalue weighted by Crippen LogP contribution is -2.20. The topological polar surface area (TPSA) is 38.4 Å². The smallest absolute Gasteiger partial charge is 0.294 e. The minimum atomic E-state index is -2.68. The average molecular weight is 204 g/mol. The molecule has 13 heavy (non-hydrogen) atoms. The number of nitrogens with two attached hydrogens (primary N) is 1. The van der Waals surface area contributed by atoms with E-state index < -0.39 is 12.3 Å². The zero-order valence-corrected chi connectivity index (χ0v) is 7.94. The summed E-state index contributed by atoms with van der Waals surface area (Å²) in [6.45, 7) is 1.95. The minimum Gasteiger partial charge on any atom is -0.382 e. The fourth-order valence-corrected chi connectivity index (χ4v) is 1.65. The van der Waals surface area contributed by atoms with Crippen LogP contribution in [-0.2, 0) is 6.42 Å². The maximum atomic E-state index is 12.0. The zero-order chi connectivity index (χ0) is 9.84. The Morgan fingerprint density at radius 1 is 1.69 bits per heavy atom. The molecule has 0 saturated heterocycles. The Balaban J connectivity index is 2.89. The van der Waals surface area contributed by atoms with Crippen LogP contribution in [0.5, 0.6) is 0 Å². The van der Waals surface area contributed by atoms with E-state index in [1.165, 1.54) is 11.3 Å². The van der Waals surface area contributed by atoms with Crippen molar-refractivity contribution in [1.82, 2.24) is 0 Å². The molecule has 0 bridgehead atoms. The van der Waals surface area contributed by atoms with Gasteiger partial charge in [-0.2, -0.15) is 0 Å². The van der Waals surface area contributed by atoms with Crippen LogP contribution in [0.4, 0.5) is 14.5 Å². The van der Waals surface area contributed by atoms with Crippen molar-refractivity contribution in [2.75, 3.05) is 0 Å². The summed E-state index contributed by atoms with van der Waals surface area (Å²) in [5.41, 5.74) is 5.60. The molecular formula is C8H10F2N2S. The molecule has 0 aliphatic rings. The van der Waals surface area contributed by atoms with Gasteiger partial charge >= 0.3 is 0 Å². The molecule has 72 valence electrons. The van der Waals surface area contributed by atoms with Gasteiger partial charge in [0.05, 0.1) is 5.69 Å². The predicted molar refractivity (Wildman–Crippen MR) is 51.0 cm³/mol. The molecule has 1 rings (SSSR count). The highest BCUT2D eigenvalue weighted by atomic mass is 32.1. The maximum absolute atomic E-state index is 12.0. The Hall–Kier alpha value is -0.970. The maximum Gasteiger partial charge on any atom is 0.294 e. The average Bonchev–Trinajstić information content (AvgIpc) is 2.51. The van der Waals surface area contributed by atoms with Crippen LogP contribution in [-0.4, -0.2) is 12.3 Å². The largest absolute Gasteiger partial charge is 0.382 e. The minimum absolute atomic E-state index is 0.560. The number of halogens is 2. The first-order valence-corrected chi connectivity index (χ1v) is 4.71. The molecule has 0 aromatic carbocycles. The lowest BCUT2D eigenvalue weighted by molar-refractivity contribution is 0.224. The molecule has 1 heterocycles. The second-order valence-corrected chi connectivity index (χ2v) is 3.42. The fourth-order valence-electron chi connectivity index (χ4n) is 0.886. The van der Waals surface area contributed by atoms with Gasteiger partial charge in [-0.05, 0) is 17.9 Å². The van der Waals surface area contributed by atoms with Crippen LogP contribution in [0.15, 0.2) is 16.4 Å². The van der Waals surface area contributed by atoms with Crippen LogP contribution >= 0.6 is 11.3 Å². The highest BCUT2D eigenvalue weighted by molar-refractivity contribution is 7.10. The number of amidine groups is 1. The van der Waals surface area contributed by atoms with Crippen molar-refractivity contribution in [2.24, 2.45) is 10.7 Å². The summed E-state index contributed by atoms with van der Waals surface area (Å²) in [4.78, 5) is 4.62. The van der Waals surface area contributed by atoms with Crippen molar-refractivity contribution < 1.29 is 8.78 Å². The lowest BCUT2D eigenvalue weighted by atomic mass is 10.3. The van der Waals surface area contributed by atoms with E-state index in [1.807, 2.05) is 12.3 Å². The highest BCUT2D eigenvalue weighted by Gasteiger charge is 2.09. The molecule has 0 amide bonds. The Morgan fingerprint density at radius 2 is 2.38 bits per heavy atom. The number of thiophene rings is 1. The Bertz CT molecular complexity index is 307. The monoisotopic (exact) mass is 204 g/mol. The Morgan fingerprint density at radius 3 is 2.92 bits per heavy atom. The van der Waals surface area contributed by atoms with E-state index in [2.05, 4.69) is 4.99 Å². The summed E-state index contributed by atoms with van der Waals surface area (Å²) >= 11 is 1.50. The van der Waals surface area contributed by atoms with Crippen molar-refractivity contribution >= 4 is 22.9 Å². The molecule has 0 aliphatic heterocycles. The summed E-state index contributed by atoms with van der Waals surface area (Å²) in [6, 6.07) is 1.69. The van der Waals surface area contributed by atoms with Gasteiger partial charge in [0.15, 0.2) is 5.84 Å². The third kappa shape index (κ3) is 2.48. The van der Waals surface area contributed by atoms with Gasteiger partial charge in [0, 0.05) is 4.88 Å². The van der Waals surface area contributed by atoms with Crippen molar-refractivity contribution in [1.29, 1.82) is 0 Å². The summed E-state index contributed by atoms with van der Waals surface area (Å²) < 4.78 is 24.0. The van der Waals surface area contributed by atoms with E-state index in [-0.39, 0.29) is 0 Å². The van der Waals surface area contributed by atoms with E-state index in [9.17, 15) is 8.78 Å². The second kappa shape index (κ2) is 4.32. The second-order valence-electron chi connectivity index (χ2n) is 2.42. The molecule has 2 nitrogen and oxygen atoms in total. The third-order valence-corrected chi connectivity index (χ3v) is 2.57. The van der Waals surface area contributed by atoms with Gasteiger partial charge in [0.25, 0.3) is 6.43 Å². The Kier molecular flexibility index (Phi) is 3.36. The quantitative estimate of drug-likeness (QED) is 0.596. The van der Waals surface area contributed by atoms with Gasteiger partial charge in [-0.15, -0.1) is 11.3 Å². The van der Waals surface area contributed by atoms with E-state index in [0.717, 1.165) is 11.3 Å². The summed E-state index contributed by atoms with van der Waals surface area (Å²) in [6.07, 6.45) is -1.89. The van der Waals surface area contributed by atoms with E-state index in [0.29, 0.717) is 5.69 Å². The summed E-state index contributed by atoms with van der Waals surface area (Å²) in [7, 11) is 0. The summed E-state index contributed by atoms with van der Waals surface area (Å²) in [5.74, 6) is -0.617. The molecule has 5 heteroatoms. The van der Waals surface area contributed by atoms with Crippen LogP contribution < -0.4 is 5.73 Å². The van der Waals surface area contributed by atoms with E-state index >= 15 is 0 Å². The zero-order valence-electron chi connectivity index (χ0n) is 7.13. The van der Waals surface area contributed by atoms with Crippen LogP contribution in [0, 0.1) is 0 Å². The van der Waals surface area contributed by atoms with E-state index in [4.69, 9.17) is 5.73 Å². The molecule has 0 saturated carbocycles. The van der Waals surface area contributed by atoms with Crippen LogP contribution in [0.2, 0.25) is 0 Å². The Labute approximate surface area is 79.1 Å². The number of aliphatic imine (C=N–C) groups is 1. The van der Waals surface area contributed by atoms with Crippen molar-refractivity contribution in [2.45, 2.75) is 19.8 Å². The summed E-state index contributed by atoms with van der Waals surface area (Å²) in [5, 5.41) is 1.82. The normalized spacial score (nSPS) is 12.5. The highest BCUT2D eigenvalue weighted by Crippen LogP contribution is 2.25. The lowest BCUT2D eigenvalue weighted by Gasteiger charge is -1.98. The van der Waals surface area contributed by atoms with Gasteiger partial charge < -0.3 is 5.73 Å². The van der Waals surface area contributed by atoms with Gasteiger partial charge in [0.2, 0.25) is 0 Å². The fraction of sp³-hybridized carbons (Fsp3) is 0.375. The SMILES string of the molecule is CCc1sccc1N=C(N)C(F)F. The number of hydrogen-bond acceptors (Lipinski definition) is 2. The molecule has 2 N–H and O–H groups in total. The van der Waals surface area contributed by atoms with Gasteiger partial charge in [-0.1, -0.05) is 6.92 Å². The molecule has 0 aliphatic carbocycles. The van der Waals surface area contributed by atoms with E-state index in [1.54, 1.807) is 6.07 Å². The number of alkyl halides is 2. The number of nitrogens with zero attached hydrogens (tertiary/aromatic N) is 1. The number of aryl methyl sites for hydroxylation is 1. The number of rotatable bonds is 3. The predicted octanol–water partition coefficient (Wildman–Crippen LogP) is 2.56. The molecule has 0 spiro atoms. The van der Waals surface area contributed by atoms with Gasteiger partial charge in [-0.25, -0.2) is 13.8 Å². The van der Waals surface area contributed by atoms with Crippen LogP contribution in [0.3, 0.4) is 0 Å². The van der Waals surface area contributed by atoms with Crippen molar-refractivity contribution in [3.8, 4) is 0 Å². The molecule has 0 radical (unpaired) electrons. The van der Waals surface area contributed by atoms with Crippen molar-refractivity contribution in [3.05, 3.63) is 16.3 Å².